The van der Waals surface area contributed by atoms with E-state index < -0.39 is 23.6 Å². The molecule has 0 aliphatic carbocycles. The van der Waals surface area contributed by atoms with Gasteiger partial charge in [-0.05, 0) is 31.2 Å². The summed E-state index contributed by atoms with van der Waals surface area (Å²) < 4.78 is 38.3. The zero-order valence-corrected chi connectivity index (χ0v) is 13.9. The van der Waals surface area contributed by atoms with Crippen LogP contribution < -0.4 is 5.32 Å². The molecule has 1 aromatic carbocycles. The van der Waals surface area contributed by atoms with Gasteiger partial charge in [-0.25, -0.2) is 0 Å². The predicted octanol–water partition coefficient (Wildman–Crippen LogP) is 3.20. The number of anilines is 1. The summed E-state index contributed by atoms with van der Waals surface area (Å²) >= 11 is 2.81. The molecule has 0 bridgehead atoms. The maximum atomic E-state index is 12.8. The lowest BCUT2D eigenvalue weighted by Gasteiger charge is -2.19. The summed E-state index contributed by atoms with van der Waals surface area (Å²) in [6.45, 7) is 1.71. The maximum Gasteiger partial charge on any atom is 0.417 e. The first-order chi connectivity index (χ1) is 10.6. The topological polar surface area (TPSA) is 69.6 Å². The van der Waals surface area contributed by atoms with Crippen LogP contribution in [0.4, 0.5) is 18.9 Å². The van der Waals surface area contributed by atoms with Gasteiger partial charge in [-0.1, -0.05) is 22.9 Å². The van der Waals surface area contributed by atoms with Crippen LogP contribution in [0.15, 0.2) is 22.7 Å². The zero-order valence-electron chi connectivity index (χ0n) is 12.3. The summed E-state index contributed by atoms with van der Waals surface area (Å²) in [4.78, 5) is 24.0. The van der Waals surface area contributed by atoms with E-state index in [1.165, 1.54) is 17.0 Å². The highest BCUT2D eigenvalue weighted by molar-refractivity contribution is 9.10. The molecule has 0 aliphatic rings. The fourth-order valence-electron chi connectivity index (χ4n) is 1.95. The number of aliphatic carboxylic acids is 1. The lowest BCUT2D eigenvalue weighted by molar-refractivity contribution is -0.139. The molecule has 0 fully saturated rings. The Hall–Kier alpha value is -1.61. The van der Waals surface area contributed by atoms with Crippen molar-refractivity contribution in [1.82, 2.24) is 4.90 Å². The van der Waals surface area contributed by atoms with Crippen LogP contribution in [-0.2, 0) is 15.8 Å². The first kappa shape index (κ1) is 19.4. The number of carbonyl (C=O) groups excluding carboxylic acids is 1. The first-order valence-electron chi connectivity index (χ1n) is 6.74. The van der Waals surface area contributed by atoms with Crippen molar-refractivity contribution in [2.24, 2.45) is 0 Å². The van der Waals surface area contributed by atoms with Crippen LogP contribution in [0.5, 0.6) is 0 Å². The third-order valence-corrected chi connectivity index (χ3v) is 3.51. The highest BCUT2D eigenvalue weighted by atomic mass is 79.9. The van der Waals surface area contributed by atoms with Crippen LogP contribution in [0, 0.1) is 0 Å². The molecule has 0 heterocycles. The average molecular weight is 397 g/mol. The van der Waals surface area contributed by atoms with Gasteiger partial charge in [-0.2, -0.15) is 13.2 Å². The van der Waals surface area contributed by atoms with E-state index in [0.29, 0.717) is 13.0 Å². The first-order valence-corrected chi connectivity index (χ1v) is 7.53. The molecule has 0 saturated carbocycles. The molecule has 128 valence electrons. The van der Waals surface area contributed by atoms with Gasteiger partial charge in [-0.3, -0.25) is 14.5 Å². The SMILES string of the molecule is CCCN(CC(=O)O)CC(=O)Nc1ccc(Br)c(C(F)(F)F)c1. The zero-order chi connectivity index (χ0) is 17.6. The maximum absolute atomic E-state index is 12.8. The number of hydrogen-bond acceptors (Lipinski definition) is 3. The van der Waals surface area contributed by atoms with Gasteiger partial charge < -0.3 is 10.4 Å². The Morgan fingerprint density at radius 3 is 2.48 bits per heavy atom. The van der Waals surface area contributed by atoms with E-state index in [4.69, 9.17) is 5.11 Å². The Bertz CT molecular complexity index is 579. The standard InChI is InChI=1S/C14H16BrF3N2O3/c1-2-5-20(8-13(22)23)7-12(21)19-9-3-4-11(15)10(6-9)14(16,17)18/h3-4,6H,2,5,7-8H2,1H3,(H,19,21)(H,22,23). The molecule has 0 spiro atoms. The summed E-state index contributed by atoms with van der Waals surface area (Å²) in [6, 6.07) is 3.35. The van der Waals surface area contributed by atoms with E-state index in [9.17, 15) is 22.8 Å². The van der Waals surface area contributed by atoms with Crippen molar-refractivity contribution < 1.29 is 27.9 Å². The van der Waals surface area contributed by atoms with Gasteiger partial charge in [0.25, 0.3) is 0 Å². The summed E-state index contributed by atoms with van der Waals surface area (Å²) in [5.74, 6) is -1.65. The molecule has 5 nitrogen and oxygen atoms in total. The Balaban J connectivity index is 2.79. The van der Waals surface area contributed by atoms with Crippen molar-refractivity contribution in [2.45, 2.75) is 19.5 Å². The van der Waals surface area contributed by atoms with Crippen LogP contribution in [0.3, 0.4) is 0 Å². The number of alkyl halides is 3. The molecule has 23 heavy (non-hydrogen) atoms. The molecule has 1 rings (SSSR count). The average Bonchev–Trinajstić information content (AvgIpc) is 2.39. The minimum Gasteiger partial charge on any atom is -0.480 e. The predicted molar refractivity (Wildman–Crippen MR) is 82.1 cm³/mol. The number of carboxylic acids is 1. The second-order valence-electron chi connectivity index (χ2n) is 4.84. The highest BCUT2D eigenvalue weighted by Gasteiger charge is 2.33. The molecular formula is C14H16BrF3N2O3. The van der Waals surface area contributed by atoms with Gasteiger partial charge >= 0.3 is 12.1 Å². The fraction of sp³-hybridized carbons (Fsp3) is 0.429. The summed E-state index contributed by atoms with van der Waals surface area (Å²) in [7, 11) is 0. The molecular weight excluding hydrogens is 381 g/mol. The lowest BCUT2D eigenvalue weighted by atomic mass is 10.2. The number of halogens is 4. The van der Waals surface area contributed by atoms with Crippen molar-refractivity contribution in [3.8, 4) is 0 Å². The third-order valence-electron chi connectivity index (χ3n) is 2.82. The molecule has 0 radical (unpaired) electrons. The molecule has 2 N–H and O–H groups in total. The molecule has 0 saturated heterocycles. The van der Waals surface area contributed by atoms with E-state index >= 15 is 0 Å². The smallest absolute Gasteiger partial charge is 0.417 e. The third kappa shape index (κ3) is 6.57. The van der Waals surface area contributed by atoms with Crippen molar-refractivity contribution in [3.63, 3.8) is 0 Å². The largest absolute Gasteiger partial charge is 0.480 e. The lowest BCUT2D eigenvalue weighted by Crippen LogP contribution is -2.37. The van der Waals surface area contributed by atoms with Crippen LogP contribution in [-0.4, -0.2) is 41.5 Å². The van der Waals surface area contributed by atoms with Gasteiger partial charge in [0, 0.05) is 10.2 Å². The number of nitrogens with one attached hydrogen (secondary N) is 1. The molecule has 1 amide bonds. The molecule has 9 heteroatoms. The Morgan fingerprint density at radius 2 is 1.96 bits per heavy atom. The van der Waals surface area contributed by atoms with E-state index in [1.807, 2.05) is 6.92 Å². The number of amides is 1. The second-order valence-corrected chi connectivity index (χ2v) is 5.70. The fourth-order valence-corrected chi connectivity index (χ4v) is 2.42. The van der Waals surface area contributed by atoms with Gasteiger partial charge in [0.15, 0.2) is 0 Å². The quantitative estimate of drug-likeness (QED) is 0.742. The van der Waals surface area contributed by atoms with Crippen molar-refractivity contribution in [1.29, 1.82) is 0 Å². The number of nitrogens with zero attached hydrogens (tertiary/aromatic N) is 1. The highest BCUT2D eigenvalue weighted by Crippen LogP contribution is 2.36. The molecule has 0 aliphatic heterocycles. The summed E-state index contributed by atoms with van der Waals surface area (Å²) in [5, 5.41) is 11.1. The van der Waals surface area contributed by atoms with Crippen LogP contribution in [0.2, 0.25) is 0 Å². The molecule has 0 atom stereocenters. The normalized spacial score (nSPS) is 11.6. The van der Waals surface area contributed by atoms with Crippen LogP contribution >= 0.6 is 15.9 Å². The summed E-state index contributed by atoms with van der Waals surface area (Å²) in [6.07, 6.45) is -3.89. The van der Waals surface area contributed by atoms with E-state index in [1.54, 1.807) is 0 Å². The van der Waals surface area contributed by atoms with E-state index in [-0.39, 0.29) is 23.2 Å². The van der Waals surface area contributed by atoms with Crippen LogP contribution in [0.25, 0.3) is 0 Å². The second kappa shape index (κ2) is 8.30. The molecule has 0 aromatic heterocycles. The number of rotatable bonds is 7. The number of hydrogen-bond donors (Lipinski definition) is 2. The number of carboxylic acid groups (broad SMARTS) is 1. The van der Waals surface area contributed by atoms with Gasteiger partial charge in [0.2, 0.25) is 5.91 Å². The van der Waals surface area contributed by atoms with Crippen LogP contribution in [0.1, 0.15) is 18.9 Å². The number of benzene rings is 1. The van der Waals surface area contributed by atoms with E-state index in [2.05, 4.69) is 21.2 Å². The summed E-state index contributed by atoms with van der Waals surface area (Å²) in [5.41, 5.74) is -0.899. The molecule has 1 aromatic rings. The van der Waals surface area contributed by atoms with Crippen molar-refractivity contribution in [2.75, 3.05) is 25.0 Å². The van der Waals surface area contributed by atoms with Crippen molar-refractivity contribution >= 4 is 33.5 Å². The Labute approximate surface area is 139 Å². The van der Waals surface area contributed by atoms with E-state index in [0.717, 1.165) is 6.07 Å². The minimum atomic E-state index is -4.54. The Morgan fingerprint density at radius 1 is 1.30 bits per heavy atom. The van der Waals surface area contributed by atoms with Crippen molar-refractivity contribution in [3.05, 3.63) is 28.2 Å². The van der Waals surface area contributed by atoms with Gasteiger partial charge in [-0.15, -0.1) is 0 Å². The monoisotopic (exact) mass is 396 g/mol. The minimum absolute atomic E-state index is 0.00250. The molecule has 0 unspecified atom stereocenters. The van der Waals surface area contributed by atoms with Gasteiger partial charge in [0.05, 0.1) is 18.7 Å². The number of carbonyl (C=O) groups is 2. The Kier molecular flexibility index (Phi) is 7.01. The van der Waals surface area contributed by atoms with Gasteiger partial charge in [0.1, 0.15) is 0 Å².